The van der Waals surface area contributed by atoms with E-state index >= 15 is 0 Å². The summed E-state index contributed by atoms with van der Waals surface area (Å²) in [6.45, 7) is 3.79. The van der Waals surface area contributed by atoms with Gasteiger partial charge in [-0.05, 0) is 36.4 Å². The minimum absolute atomic E-state index is 0.253. The summed E-state index contributed by atoms with van der Waals surface area (Å²) in [7, 11) is -3.35. The van der Waals surface area contributed by atoms with Gasteiger partial charge in [0.15, 0.2) is 0 Å². The second kappa shape index (κ2) is 6.52. The van der Waals surface area contributed by atoms with E-state index in [0.29, 0.717) is 25.6 Å². The second-order valence-electron chi connectivity index (χ2n) is 5.38. The van der Waals surface area contributed by atoms with E-state index in [1.54, 1.807) is 10.4 Å². The maximum atomic E-state index is 12.3. The van der Waals surface area contributed by atoms with E-state index in [0.717, 1.165) is 12.0 Å². The summed E-state index contributed by atoms with van der Waals surface area (Å²) >= 11 is 0. The molecule has 1 aromatic rings. The zero-order valence-corrected chi connectivity index (χ0v) is 12.6. The molecule has 1 aromatic carbocycles. The van der Waals surface area contributed by atoms with Gasteiger partial charge in [-0.1, -0.05) is 37.3 Å². The van der Waals surface area contributed by atoms with Crippen molar-refractivity contribution in [3.05, 3.63) is 41.3 Å². The van der Waals surface area contributed by atoms with Crippen molar-refractivity contribution >= 4 is 16.1 Å². The molecule has 2 unspecified atom stereocenters. The predicted molar refractivity (Wildman–Crippen MR) is 82.3 cm³/mol. The molecule has 1 saturated heterocycles. The van der Waals surface area contributed by atoms with E-state index < -0.39 is 10.0 Å². The van der Waals surface area contributed by atoms with E-state index in [-0.39, 0.29) is 5.92 Å². The Kier molecular flexibility index (Phi) is 4.96. The Bertz CT molecular complexity index is 554. The molecule has 2 N–H and O–H groups in total. The molecule has 0 amide bonds. The minimum Gasteiger partial charge on any atom is -0.330 e. The molecule has 1 fully saturated rings. The molecule has 0 bridgehead atoms. The van der Waals surface area contributed by atoms with Gasteiger partial charge in [0.05, 0.1) is 0 Å². The van der Waals surface area contributed by atoms with Crippen LogP contribution in [0.25, 0.3) is 6.08 Å². The monoisotopic (exact) mass is 294 g/mol. The van der Waals surface area contributed by atoms with Crippen LogP contribution in [0.5, 0.6) is 0 Å². The summed E-state index contributed by atoms with van der Waals surface area (Å²) in [6.07, 6.45) is 2.52. The summed E-state index contributed by atoms with van der Waals surface area (Å²) in [5.74, 6) is 0.744. The normalized spacial score (nSPS) is 25.1. The first-order chi connectivity index (χ1) is 9.53. The topological polar surface area (TPSA) is 63.4 Å². The van der Waals surface area contributed by atoms with E-state index in [4.69, 9.17) is 5.73 Å². The van der Waals surface area contributed by atoms with E-state index in [9.17, 15) is 8.42 Å². The summed E-state index contributed by atoms with van der Waals surface area (Å²) in [6, 6.07) is 9.45. The highest BCUT2D eigenvalue weighted by atomic mass is 32.2. The van der Waals surface area contributed by atoms with Gasteiger partial charge in [-0.2, -0.15) is 4.31 Å². The molecule has 0 aliphatic carbocycles. The Morgan fingerprint density at radius 1 is 1.35 bits per heavy atom. The fourth-order valence-electron chi connectivity index (χ4n) is 2.47. The molecule has 20 heavy (non-hydrogen) atoms. The van der Waals surface area contributed by atoms with E-state index in [1.807, 2.05) is 30.3 Å². The molecule has 4 nitrogen and oxygen atoms in total. The van der Waals surface area contributed by atoms with Crippen molar-refractivity contribution < 1.29 is 8.42 Å². The quantitative estimate of drug-likeness (QED) is 0.922. The van der Waals surface area contributed by atoms with Gasteiger partial charge >= 0.3 is 0 Å². The van der Waals surface area contributed by atoms with Crippen LogP contribution in [0.3, 0.4) is 0 Å². The average Bonchev–Trinajstić information content (AvgIpc) is 2.46. The second-order valence-corrected chi connectivity index (χ2v) is 7.20. The van der Waals surface area contributed by atoms with E-state index in [1.165, 1.54) is 5.41 Å². The SMILES string of the molecule is CC1CCN(S(=O)(=O)/C=C/c2ccccc2)CC1CN. The lowest BCUT2D eigenvalue weighted by molar-refractivity contribution is 0.204. The Balaban J connectivity index is 2.09. The minimum atomic E-state index is -3.35. The van der Waals surface area contributed by atoms with Gasteiger partial charge in [0.25, 0.3) is 0 Å². The van der Waals surface area contributed by atoms with Crippen molar-refractivity contribution in [3.63, 3.8) is 0 Å². The maximum Gasteiger partial charge on any atom is 0.236 e. The molecule has 0 spiro atoms. The van der Waals surface area contributed by atoms with Gasteiger partial charge < -0.3 is 5.73 Å². The number of nitrogens with zero attached hydrogens (tertiary/aromatic N) is 1. The highest BCUT2D eigenvalue weighted by Gasteiger charge is 2.30. The lowest BCUT2D eigenvalue weighted by Gasteiger charge is -2.35. The summed E-state index contributed by atoms with van der Waals surface area (Å²) in [4.78, 5) is 0. The Morgan fingerprint density at radius 2 is 2.05 bits per heavy atom. The van der Waals surface area contributed by atoms with Crippen molar-refractivity contribution in [1.82, 2.24) is 4.31 Å². The van der Waals surface area contributed by atoms with Crippen LogP contribution < -0.4 is 5.73 Å². The van der Waals surface area contributed by atoms with E-state index in [2.05, 4.69) is 6.92 Å². The third kappa shape index (κ3) is 3.69. The van der Waals surface area contributed by atoms with Gasteiger partial charge in [0.2, 0.25) is 10.0 Å². The standard InChI is InChI=1S/C15H22N2O2S/c1-13-7-9-17(12-15(13)11-16)20(18,19)10-8-14-5-3-2-4-6-14/h2-6,8,10,13,15H,7,9,11-12,16H2,1H3/b10-8+. The molecule has 1 aliphatic rings. The number of benzene rings is 1. The van der Waals surface area contributed by atoms with Crippen molar-refractivity contribution in [2.24, 2.45) is 17.6 Å². The Morgan fingerprint density at radius 3 is 2.70 bits per heavy atom. The Labute approximate surface area is 121 Å². The predicted octanol–water partition coefficient (Wildman–Crippen LogP) is 1.90. The molecule has 1 aliphatic heterocycles. The fourth-order valence-corrected chi connectivity index (χ4v) is 3.73. The first-order valence-electron chi connectivity index (χ1n) is 6.96. The lowest BCUT2D eigenvalue weighted by atomic mass is 9.88. The maximum absolute atomic E-state index is 12.3. The van der Waals surface area contributed by atoms with Crippen molar-refractivity contribution in [3.8, 4) is 0 Å². The molecule has 110 valence electrons. The molecule has 2 atom stereocenters. The third-order valence-corrected chi connectivity index (χ3v) is 5.50. The largest absolute Gasteiger partial charge is 0.330 e. The highest BCUT2D eigenvalue weighted by Crippen LogP contribution is 2.24. The molecule has 2 rings (SSSR count). The number of hydrogen-bond donors (Lipinski definition) is 1. The molecule has 0 radical (unpaired) electrons. The van der Waals surface area contributed by atoms with Crippen molar-refractivity contribution in [2.45, 2.75) is 13.3 Å². The number of nitrogens with two attached hydrogens (primary N) is 1. The van der Waals surface area contributed by atoms with Gasteiger partial charge in [0, 0.05) is 18.5 Å². The fraction of sp³-hybridized carbons (Fsp3) is 0.467. The van der Waals surface area contributed by atoms with Gasteiger partial charge in [-0.15, -0.1) is 0 Å². The van der Waals surface area contributed by atoms with Crippen LogP contribution in [0.4, 0.5) is 0 Å². The summed E-state index contributed by atoms with van der Waals surface area (Å²) in [5, 5.41) is 1.30. The molecular weight excluding hydrogens is 272 g/mol. The zero-order chi connectivity index (χ0) is 14.6. The number of sulfonamides is 1. The number of rotatable bonds is 4. The Hall–Kier alpha value is -1.17. The summed E-state index contributed by atoms with van der Waals surface area (Å²) < 4.78 is 26.2. The van der Waals surface area contributed by atoms with Crippen LogP contribution in [0, 0.1) is 11.8 Å². The van der Waals surface area contributed by atoms with Crippen LogP contribution in [-0.4, -0.2) is 32.4 Å². The van der Waals surface area contributed by atoms with Crippen LogP contribution >= 0.6 is 0 Å². The number of piperidine rings is 1. The summed E-state index contributed by atoms with van der Waals surface area (Å²) in [5.41, 5.74) is 6.61. The lowest BCUT2D eigenvalue weighted by Crippen LogP contribution is -2.44. The zero-order valence-electron chi connectivity index (χ0n) is 11.8. The van der Waals surface area contributed by atoms with Crippen LogP contribution in [0.15, 0.2) is 35.7 Å². The van der Waals surface area contributed by atoms with Gasteiger partial charge in [0.1, 0.15) is 0 Å². The van der Waals surface area contributed by atoms with Crippen LogP contribution in [0.2, 0.25) is 0 Å². The highest BCUT2D eigenvalue weighted by molar-refractivity contribution is 7.92. The van der Waals surface area contributed by atoms with Crippen molar-refractivity contribution in [1.29, 1.82) is 0 Å². The number of hydrogen-bond acceptors (Lipinski definition) is 3. The molecule has 0 saturated carbocycles. The first-order valence-corrected chi connectivity index (χ1v) is 8.46. The third-order valence-electron chi connectivity index (χ3n) is 3.97. The molecule has 0 aromatic heterocycles. The molecular formula is C15H22N2O2S. The average molecular weight is 294 g/mol. The van der Waals surface area contributed by atoms with Crippen LogP contribution in [-0.2, 0) is 10.0 Å². The molecule has 5 heteroatoms. The van der Waals surface area contributed by atoms with Gasteiger partial charge in [-0.25, -0.2) is 8.42 Å². The molecule has 1 heterocycles. The van der Waals surface area contributed by atoms with Crippen molar-refractivity contribution in [2.75, 3.05) is 19.6 Å². The smallest absolute Gasteiger partial charge is 0.236 e. The van der Waals surface area contributed by atoms with Gasteiger partial charge in [-0.3, -0.25) is 0 Å². The van der Waals surface area contributed by atoms with Crippen LogP contribution in [0.1, 0.15) is 18.9 Å². The first kappa shape index (κ1) is 15.2.